The quantitative estimate of drug-likeness (QED) is 0.849. The normalized spacial score (nSPS) is 15.4. The summed E-state index contributed by atoms with van der Waals surface area (Å²) in [4.78, 5) is 13.0. The first-order valence-electron chi connectivity index (χ1n) is 7.19. The van der Waals surface area contributed by atoms with Crippen molar-refractivity contribution in [1.29, 1.82) is 0 Å². The summed E-state index contributed by atoms with van der Waals surface area (Å²) >= 11 is 0. The van der Waals surface area contributed by atoms with Crippen molar-refractivity contribution in [2.75, 3.05) is 36.0 Å². The van der Waals surface area contributed by atoms with Gasteiger partial charge in [0.25, 0.3) is 0 Å². The number of hydrogen-bond acceptors (Lipinski definition) is 4. The molecule has 0 bridgehead atoms. The van der Waals surface area contributed by atoms with Gasteiger partial charge in [-0.3, -0.25) is 0 Å². The number of aromatic nitrogens is 2. The SMILES string of the molecule is Cc1ncnc(N2CCN(c3ccccc3F)CC2)c1C. The third-order valence-corrected chi connectivity index (χ3v) is 4.08. The lowest BCUT2D eigenvalue weighted by Gasteiger charge is -2.37. The van der Waals surface area contributed by atoms with Crippen LogP contribution < -0.4 is 9.80 Å². The smallest absolute Gasteiger partial charge is 0.146 e. The largest absolute Gasteiger partial charge is 0.366 e. The molecule has 1 saturated heterocycles. The van der Waals surface area contributed by atoms with Crippen LogP contribution in [0.5, 0.6) is 0 Å². The molecule has 4 nitrogen and oxygen atoms in total. The molecule has 0 atom stereocenters. The highest BCUT2D eigenvalue weighted by Gasteiger charge is 2.21. The summed E-state index contributed by atoms with van der Waals surface area (Å²) < 4.78 is 13.8. The average Bonchev–Trinajstić information content (AvgIpc) is 2.51. The van der Waals surface area contributed by atoms with Crippen molar-refractivity contribution in [2.24, 2.45) is 0 Å². The molecule has 0 radical (unpaired) electrons. The van der Waals surface area contributed by atoms with Crippen LogP contribution in [-0.4, -0.2) is 36.1 Å². The van der Waals surface area contributed by atoms with E-state index < -0.39 is 0 Å². The molecular weight excluding hydrogens is 267 g/mol. The molecule has 0 unspecified atom stereocenters. The molecule has 1 fully saturated rings. The zero-order chi connectivity index (χ0) is 14.8. The molecule has 1 aromatic carbocycles. The minimum atomic E-state index is -0.153. The predicted octanol–water partition coefficient (Wildman–Crippen LogP) is 2.56. The van der Waals surface area contributed by atoms with E-state index in [1.54, 1.807) is 12.4 Å². The Hall–Kier alpha value is -2.17. The zero-order valence-corrected chi connectivity index (χ0v) is 12.4. The van der Waals surface area contributed by atoms with Gasteiger partial charge >= 0.3 is 0 Å². The molecule has 1 aromatic heterocycles. The Labute approximate surface area is 124 Å². The van der Waals surface area contributed by atoms with E-state index in [0.29, 0.717) is 5.69 Å². The van der Waals surface area contributed by atoms with E-state index in [0.717, 1.165) is 43.3 Å². The third kappa shape index (κ3) is 2.68. The summed E-state index contributed by atoms with van der Waals surface area (Å²) in [6.07, 6.45) is 1.61. The van der Waals surface area contributed by atoms with Gasteiger partial charge in [-0.25, -0.2) is 14.4 Å². The van der Waals surface area contributed by atoms with Crippen molar-refractivity contribution < 1.29 is 4.39 Å². The lowest BCUT2D eigenvalue weighted by atomic mass is 10.2. The van der Waals surface area contributed by atoms with E-state index in [1.807, 2.05) is 26.0 Å². The zero-order valence-electron chi connectivity index (χ0n) is 12.4. The van der Waals surface area contributed by atoms with Crippen LogP contribution in [0.1, 0.15) is 11.3 Å². The van der Waals surface area contributed by atoms with Crippen LogP contribution in [-0.2, 0) is 0 Å². The van der Waals surface area contributed by atoms with Gasteiger partial charge in [-0.05, 0) is 26.0 Å². The fraction of sp³-hybridized carbons (Fsp3) is 0.375. The molecule has 5 heteroatoms. The molecule has 0 spiro atoms. The third-order valence-electron chi connectivity index (χ3n) is 4.08. The van der Waals surface area contributed by atoms with Crippen molar-refractivity contribution in [3.05, 3.63) is 47.7 Å². The molecular formula is C16H19FN4. The molecule has 110 valence electrons. The summed E-state index contributed by atoms with van der Waals surface area (Å²) in [6.45, 7) is 7.31. The molecule has 0 amide bonds. The van der Waals surface area contributed by atoms with Gasteiger partial charge in [-0.2, -0.15) is 0 Å². The minimum Gasteiger partial charge on any atom is -0.366 e. The highest BCUT2D eigenvalue weighted by molar-refractivity contribution is 5.52. The monoisotopic (exact) mass is 286 g/mol. The maximum absolute atomic E-state index is 13.8. The lowest BCUT2D eigenvalue weighted by Crippen LogP contribution is -2.47. The van der Waals surface area contributed by atoms with Gasteiger partial charge in [0.05, 0.1) is 5.69 Å². The molecule has 1 aliphatic heterocycles. The van der Waals surface area contributed by atoms with E-state index in [4.69, 9.17) is 0 Å². The van der Waals surface area contributed by atoms with Crippen LogP contribution in [0.25, 0.3) is 0 Å². The molecule has 21 heavy (non-hydrogen) atoms. The van der Waals surface area contributed by atoms with Gasteiger partial charge in [0.15, 0.2) is 0 Å². The Kier molecular flexibility index (Phi) is 3.73. The second kappa shape index (κ2) is 5.68. The van der Waals surface area contributed by atoms with Crippen LogP contribution in [0.15, 0.2) is 30.6 Å². The fourth-order valence-corrected chi connectivity index (χ4v) is 2.71. The van der Waals surface area contributed by atoms with Crippen LogP contribution in [0, 0.1) is 19.7 Å². The summed E-state index contributed by atoms with van der Waals surface area (Å²) in [6, 6.07) is 6.95. The Morgan fingerprint density at radius 3 is 2.33 bits per heavy atom. The number of hydrogen-bond donors (Lipinski definition) is 0. The molecule has 0 N–H and O–H groups in total. The number of anilines is 2. The van der Waals surface area contributed by atoms with E-state index in [2.05, 4.69) is 19.8 Å². The van der Waals surface area contributed by atoms with Gasteiger partial charge in [-0.1, -0.05) is 12.1 Å². The van der Waals surface area contributed by atoms with Crippen molar-refractivity contribution >= 4 is 11.5 Å². The van der Waals surface area contributed by atoms with Crippen LogP contribution in [0.4, 0.5) is 15.9 Å². The van der Waals surface area contributed by atoms with E-state index in [1.165, 1.54) is 6.07 Å². The standard InChI is InChI=1S/C16H19FN4/c1-12-13(2)18-11-19-16(12)21-9-7-20(8-10-21)15-6-4-3-5-14(15)17/h3-6,11H,7-10H2,1-2H3. The van der Waals surface area contributed by atoms with Crippen molar-refractivity contribution in [3.63, 3.8) is 0 Å². The van der Waals surface area contributed by atoms with Crippen LogP contribution in [0.2, 0.25) is 0 Å². The Bertz CT molecular complexity index is 636. The maximum Gasteiger partial charge on any atom is 0.146 e. The molecule has 2 aromatic rings. The topological polar surface area (TPSA) is 32.3 Å². The Balaban J connectivity index is 1.74. The number of aryl methyl sites for hydroxylation is 1. The number of piperazine rings is 1. The van der Waals surface area contributed by atoms with E-state index in [9.17, 15) is 4.39 Å². The highest BCUT2D eigenvalue weighted by Crippen LogP contribution is 2.23. The second-order valence-corrected chi connectivity index (χ2v) is 5.33. The number of halogens is 1. The molecule has 2 heterocycles. The number of nitrogens with zero attached hydrogens (tertiary/aromatic N) is 4. The number of rotatable bonds is 2. The second-order valence-electron chi connectivity index (χ2n) is 5.33. The summed E-state index contributed by atoms with van der Waals surface area (Å²) in [5, 5.41) is 0. The van der Waals surface area contributed by atoms with E-state index in [-0.39, 0.29) is 5.82 Å². The molecule has 0 aliphatic carbocycles. The first-order valence-corrected chi connectivity index (χ1v) is 7.19. The number of benzene rings is 1. The summed E-state index contributed by atoms with van der Waals surface area (Å²) in [5.41, 5.74) is 2.82. The Morgan fingerprint density at radius 2 is 1.62 bits per heavy atom. The Morgan fingerprint density at radius 1 is 0.952 bits per heavy atom. The fourth-order valence-electron chi connectivity index (χ4n) is 2.71. The lowest BCUT2D eigenvalue weighted by molar-refractivity contribution is 0.595. The maximum atomic E-state index is 13.8. The van der Waals surface area contributed by atoms with Gasteiger partial charge in [0.2, 0.25) is 0 Å². The van der Waals surface area contributed by atoms with Gasteiger partial charge in [0.1, 0.15) is 18.0 Å². The van der Waals surface area contributed by atoms with Crippen molar-refractivity contribution in [1.82, 2.24) is 9.97 Å². The average molecular weight is 286 g/mol. The summed E-state index contributed by atoms with van der Waals surface area (Å²) in [7, 11) is 0. The highest BCUT2D eigenvalue weighted by atomic mass is 19.1. The van der Waals surface area contributed by atoms with Gasteiger partial charge in [0, 0.05) is 37.4 Å². The van der Waals surface area contributed by atoms with Crippen LogP contribution in [0.3, 0.4) is 0 Å². The van der Waals surface area contributed by atoms with Gasteiger partial charge < -0.3 is 9.80 Å². The first-order chi connectivity index (χ1) is 10.2. The summed E-state index contributed by atoms with van der Waals surface area (Å²) in [5.74, 6) is 0.843. The van der Waals surface area contributed by atoms with Gasteiger partial charge in [-0.15, -0.1) is 0 Å². The van der Waals surface area contributed by atoms with Crippen molar-refractivity contribution in [3.8, 4) is 0 Å². The minimum absolute atomic E-state index is 0.153. The molecule has 3 rings (SSSR count). The predicted molar refractivity (Wildman–Crippen MR) is 82.3 cm³/mol. The number of para-hydroxylation sites is 1. The molecule has 1 aliphatic rings. The van der Waals surface area contributed by atoms with E-state index >= 15 is 0 Å². The molecule has 0 saturated carbocycles. The van der Waals surface area contributed by atoms with Crippen molar-refractivity contribution in [2.45, 2.75) is 13.8 Å². The first kappa shape index (κ1) is 13.8. The van der Waals surface area contributed by atoms with Crippen LogP contribution >= 0.6 is 0 Å².